The van der Waals surface area contributed by atoms with E-state index in [2.05, 4.69) is 24.3 Å². The third-order valence-electron chi connectivity index (χ3n) is 8.69. The minimum Gasteiger partial charge on any atom is -0.491 e. The van der Waals surface area contributed by atoms with E-state index in [4.69, 9.17) is 29.7 Å². The Balaban J connectivity index is 1.07. The quantitative estimate of drug-likeness (QED) is 0.222. The summed E-state index contributed by atoms with van der Waals surface area (Å²) in [5.74, 6) is 3.74. The Morgan fingerprint density at radius 3 is 2.12 bits per heavy atom. The SMILES string of the molecule is COC1(OOC2CCC(c3ccc(OCCOCCN)cc3)CC2)C2CC3CC(C2)CC1C3. The van der Waals surface area contributed by atoms with Crippen molar-refractivity contribution in [1.82, 2.24) is 0 Å². The Labute approximate surface area is 198 Å². The zero-order valence-electron chi connectivity index (χ0n) is 20.1. The minimum atomic E-state index is -0.505. The van der Waals surface area contributed by atoms with Gasteiger partial charge in [-0.15, -0.1) is 0 Å². The van der Waals surface area contributed by atoms with Crippen molar-refractivity contribution in [2.24, 2.45) is 29.4 Å². The van der Waals surface area contributed by atoms with Crippen LogP contribution < -0.4 is 10.5 Å². The summed E-state index contributed by atoms with van der Waals surface area (Å²) in [5.41, 5.74) is 6.80. The van der Waals surface area contributed by atoms with Crippen LogP contribution in [0, 0.1) is 23.7 Å². The normalized spacial score (nSPS) is 37.4. The summed E-state index contributed by atoms with van der Waals surface area (Å²) in [6.07, 6.45) is 10.9. The molecule has 0 amide bonds. The van der Waals surface area contributed by atoms with Crippen molar-refractivity contribution < 1.29 is 24.0 Å². The molecule has 0 atom stereocenters. The van der Waals surface area contributed by atoms with Crippen molar-refractivity contribution >= 4 is 0 Å². The van der Waals surface area contributed by atoms with Gasteiger partial charge >= 0.3 is 0 Å². The van der Waals surface area contributed by atoms with Crippen LogP contribution in [-0.4, -0.2) is 45.4 Å². The van der Waals surface area contributed by atoms with Crippen molar-refractivity contribution in [2.45, 2.75) is 75.6 Å². The molecule has 2 N–H and O–H groups in total. The van der Waals surface area contributed by atoms with Crippen molar-refractivity contribution in [3.8, 4) is 5.75 Å². The molecule has 4 bridgehead atoms. The molecule has 6 heteroatoms. The molecule has 1 aromatic carbocycles. The number of hydrogen-bond acceptors (Lipinski definition) is 6. The van der Waals surface area contributed by atoms with E-state index in [0.29, 0.717) is 44.1 Å². The molecule has 6 nitrogen and oxygen atoms in total. The Hall–Kier alpha value is -1.18. The lowest BCUT2D eigenvalue weighted by molar-refractivity contribution is -0.485. The second-order valence-corrected chi connectivity index (χ2v) is 10.7. The van der Waals surface area contributed by atoms with E-state index in [1.165, 1.54) is 37.7 Å². The lowest BCUT2D eigenvalue weighted by atomic mass is 9.53. The third-order valence-corrected chi connectivity index (χ3v) is 8.69. The molecule has 0 spiro atoms. The fourth-order valence-corrected chi connectivity index (χ4v) is 7.22. The molecule has 33 heavy (non-hydrogen) atoms. The molecule has 5 fully saturated rings. The Morgan fingerprint density at radius 1 is 0.848 bits per heavy atom. The van der Waals surface area contributed by atoms with Crippen LogP contribution in [0.1, 0.15) is 69.3 Å². The molecule has 1 aromatic rings. The van der Waals surface area contributed by atoms with E-state index in [9.17, 15) is 0 Å². The molecule has 6 rings (SSSR count). The Bertz CT molecular complexity index is 717. The van der Waals surface area contributed by atoms with Gasteiger partial charge in [0.1, 0.15) is 12.4 Å². The van der Waals surface area contributed by atoms with Gasteiger partial charge in [-0.1, -0.05) is 12.1 Å². The maximum atomic E-state index is 6.26. The van der Waals surface area contributed by atoms with Crippen LogP contribution in [0.15, 0.2) is 24.3 Å². The van der Waals surface area contributed by atoms with Crippen LogP contribution in [0.4, 0.5) is 0 Å². The molecular weight excluding hydrogens is 418 g/mol. The van der Waals surface area contributed by atoms with Crippen LogP contribution >= 0.6 is 0 Å². The predicted molar refractivity (Wildman–Crippen MR) is 126 cm³/mol. The summed E-state index contributed by atoms with van der Waals surface area (Å²) < 4.78 is 17.2. The van der Waals surface area contributed by atoms with E-state index >= 15 is 0 Å². The van der Waals surface area contributed by atoms with Crippen LogP contribution in [-0.2, 0) is 19.2 Å². The summed E-state index contributed by atoms with van der Waals surface area (Å²) in [6, 6.07) is 8.54. The highest BCUT2D eigenvalue weighted by Crippen LogP contribution is 2.60. The van der Waals surface area contributed by atoms with E-state index in [-0.39, 0.29) is 6.10 Å². The molecule has 0 aromatic heterocycles. The molecule has 0 unspecified atom stereocenters. The highest BCUT2D eigenvalue weighted by Gasteiger charge is 2.60. The molecule has 0 saturated heterocycles. The van der Waals surface area contributed by atoms with Gasteiger partial charge in [-0.25, -0.2) is 9.78 Å². The van der Waals surface area contributed by atoms with Gasteiger partial charge in [0.15, 0.2) is 0 Å². The lowest BCUT2D eigenvalue weighted by Gasteiger charge is -2.58. The first-order valence-electron chi connectivity index (χ1n) is 13.1. The fraction of sp³-hybridized carbons (Fsp3) is 0.778. The maximum absolute atomic E-state index is 6.26. The van der Waals surface area contributed by atoms with Gasteiger partial charge < -0.3 is 19.9 Å². The second-order valence-electron chi connectivity index (χ2n) is 10.7. The summed E-state index contributed by atoms with van der Waals surface area (Å²) in [4.78, 5) is 12.4. The van der Waals surface area contributed by atoms with Gasteiger partial charge in [-0.2, -0.15) is 0 Å². The zero-order chi connectivity index (χ0) is 22.7. The largest absolute Gasteiger partial charge is 0.491 e. The smallest absolute Gasteiger partial charge is 0.207 e. The van der Waals surface area contributed by atoms with Crippen molar-refractivity contribution in [1.29, 1.82) is 0 Å². The van der Waals surface area contributed by atoms with Gasteiger partial charge in [-0.05, 0) is 93.2 Å². The summed E-state index contributed by atoms with van der Waals surface area (Å²) >= 11 is 0. The van der Waals surface area contributed by atoms with E-state index < -0.39 is 5.79 Å². The molecule has 5 aliphatic carbocycles. The van der Waals surface area contributed by atoms with Gasteiger partial charge in [-0.3, -0.25) is 0 Å². The average molecular weight is 460 g/mol. The first-order chi connectivity index (χ1) is 16.2. The minimum absolute atomic E-state index is 0.168. The standard InChI is InChI=1S/C27H41NO5/c1-29-27(23-15-19-14-20(17-23)18-24(27)16-19)33-32-26-8-4-22(5-9-26)21-2-6-25(7-3-21)31-13-12-30-11-10-28/h2-3,6-7,19-20,22-24,26H,4-5,8-18,28H2,1H3. The fourth-order valence-electron chi connectivity index (χ4n) is 7.22. The highest BCUT2D eigenvalue weighted by atomic mass is 17.2. The first kappa shape index (κ1) is 23.6. The van der Waals surface area contributed by atoms with E-state index in [0.717, 1.165) is 43.3 Å². The molecule has 5 saturated carbocycles. The van der Waals surface area contributed by atoms with Gasteiger partial charge in [0.2, 0.25) is 5.79 Å². The molecule has 0 heterocycles. The van der Waals surface area contributed by atoms with Gasteiger partial charge in [0, 0.05) is 25.5 Å². The van der Waals surface area contributed by atoms with Crippen molar-refractivity contribution in [3.63, 3.8) is 0 Å². The summed E-state index contributed by atoms with van der Waals surface area (Å²) in [5, 5.41) is 0. The number of benzene rings is 1. The molecule has 5 aliphatic rings. The third kappa shape index (κ3) is 5.10. The predicted octanol–water partition coefficient (Wildman–Crippen LogP) is 4.81. The Morgan fingerprint density at radius 2 is 1.52 bits per heavy atom. The average Bonchev–Trinajstić information content (AvgIpc) is 2.84. The van der Waals surface area contributed by atoms with Crippen LogP contribution in [0.2, 0.25) is 0 Å². The number of rotatable bonds is 11. The molecule has 184 valence electrons. The summed E-state index contributed by atoms with van der Waals surface area (Å²) in [7, 11) is 1.82. The lowest BCUT2D eigenvalue weighted by Crippen LogP contribution is -2.60. The number of ether oxygens (including phenoxy) is 3. The van der Waals surface area contributed by atoms with Gasteiger partial charge in [0.25, 0.3) is 0 Å². The number of methoxy groups -OCH3 is 1. The van der Waals surface area contributed by atoms with Crippen molar-refractivity contribution in [3.05, 3.63) is 29.8 Å². The van der Waals surface area contributed by atoms with Crippen LogP contribution in [0.3, 0.4) is 0 Å². The van der Waals surface area contributed by atoms with E-state index in [1.54, 1.807) is 0 Å². The first-order valence-corrected chi connectivity index (χ1v) is 13.1. The van der Waals surface area contributed by atoms with Crippen LogP contribution in [0.5, 0.6) is 5.75 Å². The number of hydrogen-bond donors (Lipinski definition) is 1. The topological polar surface area (TPSA) is 72.2 Å². The van der Waals surface area contributed by atoms with Crippen molar-refractivity contribution in [2.75, 3.05) is 33.5 Å². The second kappa shape index (κ2) is 10.6. The van der Waals surface area contributed by atoms with Crippen LogP contribution in [0.25, 0.3) is 0 Å². The highest BCUT2D eigenvalue weighted by molar-refractivity contribution is 5.29. The van der Waals surface area contributed by atoms with E-state index in [1.807, 2.05) is 7.11 Å². The molecule has 0 aliphatic heterocycles. The van der Waals surface area contributed by atoms with Gasteiger partial charge in [0.05, 0.1) is 19.3 Å². The Kier molecular flexibility index (Phi) is 7.57. The zero-order valence-corrected chi connectivity index (χ0v) is 20.1. The number of nitrogens with two attached hydrogens (primary N) is 1. The molecule has 0 radical (unpaired) electrons. The maximum Gasteiger partial charge on any atom is 0.207 e. The monoisotopic (exact) mass is 459 g/mol. The molecular formula is C27H41NO5. The summed E-state index contributed by atoms with van der Waals surface area (Å²) in [6.45, 7) is 2.24.